The highest BCUT2D eigenvalue weighted by molar-refractivity contribution is 5.81. The summed E-state index contributed by atoms with van der Waals surface area (Å²) in [6.45, 7) is 1.94. The molecule has 0 radical (unpaired) electrons. The van der Waals surface area contributed by atoms with E-state index in [0.29, 0.717) is 35.1 Å². The fraction of sp³-hybridized carbons (Fsp3) is 0.318. The molecule has 8 nitrogen and oxygen atoms in total. The van der Waals surface area contributed by atoms with E-state index >= 15 is 0 Å². The number of likely N-dealkylation sites (N-methyl/N-ethyl adjacent to an activating group) is 1. The minimum Gasteiger partial charge on any atom is -0.497 e. The molecule has 0 spiro atoms. The predicted molar refractivity (Wildman–Crippen MR) is 110 cm³/mol. The highest BCUT2D eigenvalue weighted by Gasteiger charge is 2.24. The lowest BCUT2D eigenvalue weighted by molar-refractivity contribution is -0.138. The van der Waals surface area contributed by atoms with E-state index in [1.54, 1.807) is 32.4 Å². The second-order valence-electron chi connectivity index (χ2n) is 6.74. The maximum atomic E-state index is 13.1. The van der Waals surface area contributed by atoms with Crippen molar-refractivity contribution in [1.82, 2.24) is 15.0 Å². The fourth-order valence-electron chi connectivity index (χ4n) is 2.92. The van der Waals surface area contributed by atoms with Gasteiger partial charge in [0.1, 0.15) is 23.1 Å². The van der Waals surface area contributed by atoms with Gasteiger partial charge in [-0.25, -0.2) is 4.39 Å². The van der Waals surface area contributed by atoms with E-state index in [2.05, 4.69) is 10.1 Å². The van der Waals surface area contributed by atoms with Gasteiger partial charge in [0.05, 0.1) is 26.3 Å². The van der Waals surface area contributed by atoms with Crippen molar-refractivity contribution in [1.29, 1.82) is 0 Å². The van der Waals surface area contributed by atoms with Gasteiger partial charge in [0, 0.05) is 13.1 Å². The molecule has 0 aliphatic rings. The Labute approximate surface area is 179 Å². The van der Waals surface area contributed by atoms with Crippen LogP contribution in [-0.4, -0.2) is 48.3 Å². The number of carbonyl (C=O) groups is 1. The Bertz CT molecular complexity index is 1020. The SMILES string of the molecule is CC[C@@H](Oc1ccc(F)cc1)C(=O)N(C)Cc1nc(-c2ccc(OC)cc2OC)no1. The Morgan fingerprint density at radius 3 is 2.48 bits per heavy atom. The molecule has 1 heterocycles. The summed E-state index contributed by atoms with van der Waals surface area (Å²) in [5.41, 5.74) is 0.637. The number of halogens is 1. The molecule has 31 heavy (non-hydrogen) atoms. The van der Waals surface area contributed by atoms with Gasteiger partial charge in [-0.2, -0.15) is 4.98 Å². The van der Waals surface area contributed by atoms with Crippen molar-refractivity contribution in [3.8, 4) is 28.6 Å². The van der Waals surface area contributed by atoms with Crippen molar-refractivity contribution < 1.29 is 27.9 Å². The van der Waals surface area contributed by atoms with E-state index in [9.17, 15) is 9.18 Å². The fourth-order valence-corrected chi connectivity index (χ4v) is 2.92. The number of methoxy groups -OCH3 is 2. The third-order valence-corrected chi connectivity index (χ3v) is 4.60. The van der Waals surface area contributed by atoms with Crippen LogP contribution < -0.4 is 14.2 Å². The lowest BCUT2D eigenvalue weighted by Crippen LogP contribution is -2.39. The quantitative estimate of drug-likeness (QED) is 0.512. The minimum atomic E-state index is -0.723. The lowest BCUT2D eigenvalue weighted by atomic mass is 10.2. The van der Waals surface area contributed by atoms with Crippen LogP contribution in [0.1, 0.15) is 19.2 Å². The molecule has 1 aromatic heterocycles. The van der Waals surface area contributed by atoms with Crippen molar-refractivity contribution in [2.24, 2.45) is 0 Å². The largest absolute Gasteiger partial charge is 0.497 e. The molecular formula is C22H24FN3O5. The maximum Gasteiger partial charge on any atom is 0.263 e. The number of carbonyl (C=O) groups excluding carboxylic acids is 1. The third kappa shape index (κ3) is 5.30. The van der Waals surface area contributed by atoms with Gasteiger partial charge in [0.2, 0.25) is 11.7 Å². The molecule has 0 N–H and O–H groups in total. The van der Waals surface area contributed by atoms with Crippen molar-refractivity contribution in [2.45, 2.75) is 26.0 Å². The molecule has 1 amide bonds. The van der Waals surface area contributed by atoms with E-state index in [1.807, 2.05) is 6.92 Å². The molecule has 0 saturated heterocycles. The van der Waals surface area contributed by atoms with Crippen LogP contribution in [0.5, 0.6) is 17.2 Å². The summed E-state index contributed by atoms with van der Waals surface area (Å²) in [5.74, 6) is 1.57. The molecule has 0 fully saturated rings. The van der Waals surface area contributed by atoms with Gasteiger partial charge in [-0.15, -0.1) is 0 Å². The molecule has 0 bridgehead atoms. The second kappa shape index (κ2) is 9.92. The van der Waals surface area contributed by atoms with Crippen LogP contribution in [0.15, 0.2) is 47.0 Å². The van der Waals surface area contributed by atoms with E-state index in [-0.39, 0.29) is 24.2 Å². The van der Waals surface area contributed by atoms with Gasteiger partial charge >= 0.3 is 0 Å². The van der Waals surface area contributed by atoms with Crippen LogP contribution in [0, 0.1) is 5.82 Å². The Hall–Kier alpha value is -3.62. The van der Waals surface area contributed by atoms with Gasteiger partial charge in [0.15, 0.2) is 6.10 Å². The number of benzene rings is 2. The summed E-state index contributed by atoms with van der Waals surface area (Å²) in [6.07, 6.45) is -0.280. The predicted octanol–water partition coefficient (Wildman–Crippen LogP) is 3.71. The third-order valence-electron chi connectivity index (χ3n) is 4.60. The molecule has 3 aromatic rings. The Morgan fingerprint density at radius 2 is 1.84 bits per heavy atom. The van der Waals surface area contributed by atoms with Crippen LogP contribution in [-0.2, 0) is 11.3 Å². The number of ether oxygens (including phenoxy) is 3. The summed E-state index contributed by atoms with van der Waals surface area (Å²) in [6, 6.07) is 10.8. The zero-order valence-corrected chi connectivity index (χ0v) is 17.8. The molecule has 2 aromatic carbocycles. The van der Waals surface area contributed by atoms with Gasteiger partial charge < -0.3 is 23.6 Å². The molecule has 0 saturated carbocycles. The number of rotatable bonds is 9. The van der Waals surface area contributed by atoms with Gasteiger partial charge in [-0.3, -0.25) is 4.79 Å². The molecule has 164 valence electrons. The molecule has 9 heteroatoms. The zero-order chi connectivity index (χ0) is 22.4. The Kier molecular flexibility index (Phi) is 7.07. The molecular weight excluding hydrogens is 405 g/mol. The maximum absolute atomic E-state index is 13.1. The molecule has 0 aliphatic carbocycles. The van der Waals surface area contributed by atoms with Gasteiger partial charge in [0.25, 0.3) is 5.91 Å². The topological polar surface area (TPSA) is 86.9 Å². The summed E-state index contributed by atoms with van der Waals surface area (Å²) in [5, 5.41) is 3.99. The standard InChI is InChI=1S/C22H24FN3O5/c1-5-18(30-15-8-6-14(23)7-9-15)22(27)26(2)13-20-24-21(25-31-20)17-11-10-16(28-3)12-19(17)29-4/h6-12,18H,5,13H2,1-4H3/t18-/m1/s1. The highest BCUT2D eigenvalue weighted by atomic mass is 19.1. The van der Waals surface area contributed by atoms with Crippen LogP contribution >= 0.6 is 0 Å². The summed E-state index contributed by atoms with van der Waals surface area (Å²) < 4.78 is 34.7. The summed E-state index contributed by atoms with van der Waals surface area (Å²) in [4.78, 5) is 18.6. The van der Waals surface area contributed by atoms with E-state index < -0.39 is 6.10 Å². The number of hydrogen-bond donors (Lipinski definition) is 0. The van der Waals surface area contributed by atoms with Crippen LogP contribution in [0.3, 0.4) is 0 Å². The average molecular weight is 429 g/mol. The smallest absolute Gasteiger partial charge is 0.263 e. The van der Waals surface area contributed by atoms with Crippen molar-refractivity contribution in [3.63, 3.8) is 0 Å². The zero-order valence-electron chi connectivity index (χ0n) is 17.8. The number of amides is 1. The average Bonchev–Trinajstić information content (AvgIpc) is 3.25. The van der Waals surface area contributed by atoms with E-state index in [4.69, 9.17) is 18.7 Å². The normalized spacial score (nSPS) is 11.6. The monoisotopic (exact) mass is 429 g/mol. The Morgan fingerprint density at radius 1 is 1.13 bits per heavy atom. The van der Waals surface area contributed by atoms with Crippen LogP contribution in [0.25, 0.3) is 11.4 Å². The van der Waals surface area contributed by atoms with Gasteiger partial charge in [-0.05, 0) is 42.8 Å². The van der Waals surface area contributed by atoms with E-state index in [1.165, 1.54) is 36.3 Å². The molecule has 0 unspecified atom stereocenters. The van der Waals surface area contributed by atoms with Gasteiger partial charge in [-0.1, -0.05) is 12.1 Å². The van der Waals surface area contributed by atoms with E-state index in [0.717, 1.165) is 0 Å². The van der Waals surface area contributed by atoms with Crippen LogP contribution in [0.4, 0.5) is 4.39 Å². The number of aromatic nitrogens is 2. The Balaban J connectivity index is 1.69. The van der Waals surface area contributed by atoms with Crippen molar-refractivity contribution >= 4 is 5.91 Å². The first-order valence-electron chi connectivity index (χ1n) is 9.67. The highest BCUT2D eigenvalue weighted by Crippen LogP contribution is 2.31. The first kappa shape index (κ1) is 22.1. The van der Waals surface area contributed by atoms with Crippen molar-refractivity contribution in [2.75, 3.05) is 21.3 Å². The number of nitrogens with zero attached hydrogens (tertiary/aromatic N) is 3. The minimum absolute atomic E-state index is 0.105. The molecule has 0 aliphatic heterocycles. The summed E-state index contributed by atoms with van der Waals surface area (Å²) >= 11 is 0. The lowest BCUT2D eigenvalue weighted by Gasteiger charge is -2.22. The second-order valence-corrected chi connectivity index (χ2v) is 6.74. The first-order valence-corrected chi connectivity index (χ1v) is 9.67. The van der Waals surface area contributed by atoms with Crippen LogP contribution in [0.2, 0.25) is 0 Å². The molecule has 3 rings (SSSR count). The van der Waals surface area contributed by atoms with Crippen molar-refractivity contribution in [3.05, 3.63) is 54.2 Å². The summed E-state index contributed by atoms with van der Waals surface area (Å²) in [7, 11) is 4.73. The molecule has 1 atom stereocenters. The number of hydrogen-bond acceptors (Lipinski definition) is 7. The first-order chi connectivity index (χ1) is 14.9.